The van der Waals surface area contributed by atoms with Crippen molar-refractivity contribution in [2.75, 3.05) is 20.2 Å². The zero-order chi connectivity index (χ0) is 23.2. The Bertz CT molecular complexity index is 1130. The van der Waals surface area contributed by atoms with Crippen molar-refractivity contribution in [1.29, 1.82) is 0 Å². The highest BCUT2D eigenvalue weighted by Gasteiger charge is 2.26. The Morgan fingerprint density at radius 3 is 2.55 bits per heavy atom. The van der Waals surface area contributed by atoms with E-state index in [9.17, 15) is 9.59 Å². The first-order valence-electron chi connectivity index (χ1n) is 10.8. The molecule has 1 saturated heterocycles. The molecule has 170 valence electrons. The molecule has 1 aromatic heterocycles. The van der Waals surface area contributed by atoms with Gasteiger partial charge in [0.25, 0.3) is 5.91 Å². The molecule has 3 aromatic rings. The maximum Gasteiger partial charge on any atom is 0.254 e. The van der Waals surface area contributed by atoms with Gasteiger partial charge in [0.2, 0.25) is 11.8 Å². The molecule has 0 bridgehead atoms. The molecule has 1 aliphatic rings. The zero-order valence-electron chi connectivity index (χ0n) is 18.3. The Kier molecular flexibility index (Phi) is 7.19. The number of halogens is 1. The maximum atomic E-state index is 13.3. The summed E-state index contributed by atoms with van der Waals surface area (Å²) in [6.07, 6.45) is 1.70. The number of nitrogens with zero attached hydrogens (tertiary/aromatic N) is 3. The van der Waals surface area contributed by atoms with Crippen LogP contribution in [0, 0.1) is 0 Å². The summed E-state index contributed by atoms with van der Waals surface area (Å²) in [7, 11) is 1.53. The first-order chi connectivity index (χ1) is 16.0. The summed E-state index contributed by atoms with van der Waals surface area (Å²) < 4.78 is 5.07. The molecular weight excluding hydrogens is 440 g/mol. The average Bonchev–Trinajstić information content (AvgIpc) is 2.84. The van der Waals surface area contributed by atoms with Crippen LogP contribution in [0.15, 0.2) is 60.7 Å². The highest BCUT2D eigenvalue weighted by molar-refractivity contribution is 6.30. The van der Waals surface area contributed by atoms with Crippen LogP contribution in [0.4, 0.5) is 0 Å². The van der Waals surface area contributed by atoms with Crippen LogP contribution in [-0.4, -0.2) is 53.2 Å². The van der Waals surface area contributed by atoms with Crippen LogP contribution in [0.1, 0.15) is 28.8 Å². The minimum absolute atomic E-state index is 0.0366. The monoisotopic (exact) mass is 464 g/mol. The third kappa shape index (κ3) is 5.68. The number of benzene rings is 2. The summed E-state index contributed by atoms with van der Waals surface area (Å²) in [5.41, 5.74) is 2.81. The molecule has 0 aliphatic carbocycles. The predicted molar refractivity (Wildman–Crippen MR) is 126 cm³/mol. The third-order valence-corrected chi connectivity index (χ3v) is 5.92. The standard InChI is InChI=1S/C25H25ClN4O3/c1-33-24-10-9-22(28-29-24)20-7-2-3-8-21(20)25(32)30-13-11-19(12-14-30)27-23(31)16-17-5-4-6-18(26)15-17/h2-10,15,19H,11-14,16H2,1H3,(H,27,31). The van der Waals surface area contributed by atoms with E-state index in [2.05, 4.69) is 15.5 Å². The fourth-order valence-electron chi connectivity index (χ4n) is 3.97. The lowest BCUT2D eigenvalue weighted by molar-refractivity contribution is -0.121. The van der Waals surface area contributed by atoms with Crippen LogP contribution in [-0.2, 0) is 11.2 Å². The molecule has 2 aromatic carbocycles. The van der Waals surface area contributed by atoms with E-state index in [0.29, 0.717) is 48.1 Å². The first kappa shape index (κ1) is 22.7. The van der Waals surface area contributed by atoms with Crippen LogP contribution in [0.3, 0.4) is 0 Å². The Morgan fingerprint density at radius 2 is 1.85 bits per heavy atom. The van der Waals surface area contributed by atoms with Gasteiger partial charge in [-0.05, 0) is 42.7 Å². The fourth-order valence-corrected chi connectivity index (χ4v) is 4.19. The smallest absolute Gasteiger partial charge is 0.254 e. The molecule has 7 nitrogen and oxygen atoms in total. The van der Waals surface area contributed by atoms with Crippen molar-refractivity contribution < 1.29 is 14.3 Å². The van der Waals surface area contributed by atoms with Gasteiger partial charge in [-0.15, -0.1) is 10.2 Å². The molecule has 1 fully saturated rings. The maximum absolute atomic E-state index is 13.3. The Morgan fingerprint density at radius 1 is 1.06 bits per heavy atom. The summed E-state index contributed by atoms with van der Waals surface area (Å²) in [5.74, 6) is 0.333. The summed E-state index contributed by atoms with van der Waals surface area (Å²) in [6.45, 7) is 1.15. The van der Waals surface area contributed by atoms with Crippen molar-refractivity contribution in [1.82, 2.24) is 20.4 Å². The number of hydrogen-bond acceptors (Lipinski definition) is 5. The van der Waals surface area contributed by atoms with Gasteiger partial charge in [0.1, 0.15) is 0 Å². The van der Waals surface area contributed by atoms with Crippen LogP contribution in [0.5, 0.6) is 5.88 Å². The third-order valence-electron chi connectivity index (χ3n) is 5.68. The van der Waals surface area contributed by atoms with Crippen LogP contribution in [0.25, 0.3) is 11.3 Å². The normalized spacial score (nSPS) is 14.1. The number of hydrogen-bond donors (Lipinski definition) is 1. The quantitative estimate of drug-likeness (QED) is 0.600. The van der Waals surface area contributed by atoms with Gasteiger partial charge >= 0.3 is 0 Å². The van der Waals surface area contributed by atoms with Gasteiger partial charge in [0.15, 0.2) is 0 Å². The van der Waals surface area contributed by atoms with Gasteiger partial charge in [-0.25, -0.2) is 0 Å². The summed E-state index contributed by atoms with van der Waals surface area (Å²) in [4.78, 5) is 27.5. The predicted octanol–water partition coefficient (Wildman–Crippen LogP) is 3.77. The van der Waals surface area contributed by atoms with E-state index in [1.807, 2.05) is 41.3 Å². The number of rotatable bonds is 6. The van der Waals surface area contributed by atoms with Crippen molar-refractivity contribution in [3.05, 3.63) is 76.8 Å². The van der Waals surface area contributed by atoms with Crippen molar-refractivity contribution in [2.45, 2.75) is 25.3 Å². The number of aromatic nitrogens is 2. The molecule has 0 spiro atoms. The minimum Gasteiger partial charge on any atom is -0.480 e. The zero-order valence-corrected chi connectivity index (χ0v) is 19.1. The highest BCUT2D eigenvalue weighted by Crippen LogP contribution is 2.25. The van der Waals surface area contributed by atoms with Crippen LogP contribution < -0.4 is 10.1 Å². The lowest BCUT2D eigenvalue weighted by Gasteiger charge is -2.33. The lowest BCUT2D eigenvalue weighted by Crippen LogP contribution is -2.47. The Hall–Kier alpha value is -3.45. The fraction of sp³-hybridized carbons (Fsp3) is 0.280. The average molecular weight is 465 g/mol. The number of nitrogens with one attached hydrogen (secondary N) is 1. The van der Waals surface area contributed by atoms with Crippen molar-refractivity contribution in [3.63, 3.8) is 0 Å². The van der Waals surface area contributed by atoms with E-state index in [1.54, 1.807) is 24.3 Å². The second-order valence-corrected chi connectivity index (χ2v) is 8.38. The second-order valence-electron chi connectivity index (χ2n) is 7.95. The van der Waals surface area contributed by atoms with Crippen molar-refractivity contribution in [3.8, 4) is 17.1 Å². The molecule has 0 unspecified atom stereocenters. The minimum atomic E-state index is -0.0491. The van der Waals surface area contributed by atoms with Gasteiger partial charge in [-0.3, -0.25) is 9.59 Å². The second kappa shape index (κ2) is 10.4. The van der Waals surface area contributed by atoms with Crippen LogP contribution in [0.2, 0.25) is 5.02 Å². The SMILES string of the molecule is COc1ccc(-c2ccccc2C(=O)N2CCC(NC(=O)Cc3cccc(Cl)c3)CC2)nn1. The Balaban J connectivity index is 1.36. The highest BCUT2D eigenvalue weighted by atomic mass is 35.5. The molecule has 0 atom stereocenters. The molecule has 33 heavy (non-hydrogen) atoms. The van der Waals surface area contributed by atoms with E-state index in [4.69, 9.17) is 16.3 Å². The van der Waals surface area contributed by atoms with Crippen molar-refractivity contribution in [2.24, 2.45) is 0 Å². The van der Waals surface area contributed by atoms with Gasteiger partial charge < -0.3 is 15.0 Å². The molecule has 1 N–H and O–H groups in total. The molecule has 1 aliphatic heterocycles. The van der Waals surface area contributed by atoms with E-state index in [-0.39, 0.29) is 24.3 Å². The number of ether oxygens (including phenoxy) is 1. The topological polar surface area (TPSA) is 84.4 Å². The van der Waals surface area contributed by atoms with Gasteiger partial charge in [0.05, 0.1) is 19.2 Å². The number of amides is 2. The molecule has 2 amide bonds. The molecule has 0 radical (unpaired) electrons. The number of methoxy groups -OCH3 is 1. The number of piperidine rings is 1. The summed E-state index contributed by atoms with van der Waals surface area (Å²) in [5, 5.41) is 11.9. The lowest BCUT2D eigenvalue weighted by atomic mass is 10.00. The molecule has 2 heterocycles. The van der Waals surface area contributed by atoms with E-state index in [0.717, 1.165) is 11.1 Å². The van der Waals surface area contributed by atoms with E-state index >= 15 is 0 Å². The van der Waals surface area contributed by atoms with E-state index in [1.165, 1.54) is 7.11 Å². The molecule has 8 heteroatoms. The summed E-state index contributed by atoms with van der Waals surface area (Å²) >= 11 is 6.00. The number of carbonyl (C=O) groups excluding carboxylic acids is 2. The Labute approximate surface area is 197 Å². The van der Waals surface area contributed by atoms with Gasteiger partial charge in [0, 0.05) is 41.3 Å². The summed E-state index contributed by atoms with van der Waals surface area (Å²) in [6, 6.07) is 18.3. The number of carbonyl (C=O) groups is 2. The van der Waals surface area contributed by atoms with Crippen LogP contribution >= 0.6 is 11.6 Å². The van der Waals surface area contributed by atoms with Gasteiger partial charge in [-0.1, -0.05) is 41.9 Å². The van der Waals surface area contributed by atoms with Gasteiger partial charge in [-0.2, -0.15) is 0 Å². The van der Waals surface area contributed by atoms with E-state index < -0.39 is 0 Å². The molecule has 0 saturated carbocycles. The largest absolute Gasteiger partial charge is 0.480 e. The number of likely N-dealkylation sites (tertiary alicyclic amines) is 1. The molecule has 4 rings (SSSR count). The van der Waals surface area contributed by atoms with Crippen molar-refractivity contribution >= 4 is 23.4 Å². The first-order valence-corrected chi connectivity index (χ1v) is 11.2. The molecular formula is C25H25ClN4O3.